The Kier molecular flexibility index (Phi) is 3.56. The van der Waals surface area contributed by atoms with Crippen molar-refractivity contribution < 1.29 is 4.79 Å². The minimum atomic E-state index is 0.352. The van der Waals surface area contributed by atoms with E-state index in [2.05, 4.69) is 47.1 Å². The predicted molar refractivity (Wildman–Crippen MR) is 75.6 cm³/mol. The molecule has 1 aromatic carbocycles. The van der Waals surface area contributed by atoms with Gasteiger partial charge in [0.05, 0.1) is 0 Å². The number of hydrogen-bond donors (Lipinski definition) is 0. The molecule has 2 aliphatic rings. The molecule has 19 heavy (non-hydrogen) atoms. The van der Waals surface area contributed by atoms with Gasteiger partial charge in [0.1, 0.15) is 0 Å². The number of nitrogens with zero attached hydrogens (tertiary/aromatic N) is 2. The minimum absolute atomic E-state index is 0.352. The molecule has 1 aromatic rings. The monoisotopic (exact) mass is 258 g/mol. The maximum absolute atomic E-state index is 12.1. The molecule has 102 valence electrons. The van der Waals surface area contributed by atoms with Crippen molar-refractivity contribution in [1.82, 2.24) is 9.80 Å². The zero-order valence-electron chi connectivity index (χ0n) is 11.6. The molecule has 1 amide bonds. The average Bonchev–Trinajstić information content (AvgIpc) is 2.71. The van der Waals surface area contributed by atoms with E-state index in [-0.39, 0.29) is 0 Å². The largest absolute Gasteiger partial charge is 0.338 e. The van der Waals surface area contributed by atoms with Crippen LogP contribution in [0.3, 0.4) is 0 Å². The molecular formula is C16H22N2O. The van der Waals surface area contributed by atoms with Crippen molar-refractivity contribution in [2.45, 2.75) is 32.4 Å². The van der Waals surface area contributed by atoms with Crippen LogP contribution in [-0.2, 0) is 11.3 Å². The summed E-state index contributed by atoms with van der Waals surface area (Å²) in [7, 11) is 0. The standard InChI is InChI=1S/C16H22N2O/c1-13-9-15-12-17(8-7-16(19)18(15)10-13)11-14-5-3-2-4-6-14/h2-6,13,15H,7-12H2,1H3/t13-,15-/m1/s1. The van der Waals surface area contributed by atoms with E-state index in [9.17, 15) is 4.79 Å². The molecule has 0 aliphatic carbocycles. The van der Waals surface area contributed by atoms with Crippen molar-refractivity contribution in [3.63, 3.8) is 0 Å². The maximum Gasteiger partial charge on any atom is 0.224 e. The summed E-state index contributed by atoms with van der Waals surface area (Å²) >= 11 is 0. The van der Waals surface area contributed by atoms with Gasteiger partial charge in [-0.25, -0.2) is 0 Å². The molecule has 0 radical (unpaired) electrons. The number of rotatable bonds is 2. The zero-order valence-corrected chi connectivity index (χ0v) is 11.6. The molecule has 0 N–H and O–H groups in total. The lowest BCUT2D eigenvalue weighted by atomic mass is 10.1. The van der Waals surface area contributed by atoms with Crippen LogP contribution < -0.4 is 0 Å². The first-order valence-corrected chi connectivity index (χ1v) is 7.28. The first-order chi connectivity index (χ1) is 9.22. The van der Waals surface area contributed by atoms with E-state index in [4.69, 9.17) is 0 Å². The quantitative estimate of drug-likeness (QED) is 0.811. The topological polar surface area (TPSA) is 23.6 Å². The summed E-state index contributed by atoms with van der Waals surface area (Å²) in [5.41, 5.74) is 1.34. The Hall–Kier alpha value is -1.35. The van der Waals surface area contributed by atoms with E-state index in [0.29, 0.717) is 24.3 Å². The smallest absolute Gasteiger partial charge is 0.224 e. The summed E-state index contributed by atoms with van der Waals surface area (Å²) < 4.78 is 0. The Morgan fingerprint density at radius 1 is 1.21 bits per heavy atom. The van der Waals surface area contributed by atoms with Gasteiger partial charge < -0.3 is 4.90 Å². The molecule has 2 aliphatic heterocycles. The van der Waals surface area contributed by atoms with E-state index in [1.165, 1.54) is 5.56 Å². The van der Waals surface area contributed by atoms with Crippen LogP contribution in [0.25, 0.3) is 0 Å². The third-order valence-electron chi connectivity index (χ3n) is 4.30. The van der Waals surface area contributed by atoms with Crippen LogP contribution >= 0.6 is 0 Å². The van der Waals surface area contributed by atoms with Gasteiger partial charge in [-0.1, -0.05) is 37.3 Å². The second-order valence-electron chi connectivity index (χ2n) is 6.01. The van der Waals surface area contributed by atoms with Crippen LogP contribution in [0.15, 0.2) is 30.3 Å². The fourth-order valence-corrected chi connectivity index (χ4v) is 3.40. The number of hydrogen-bond acceptors (Lipinski definition) is 2. The number of fused-ring (bicyclic) bond motifs is 1. The van der Waals surface area contributed by atoms with Crippen molar-refractivity contribution in [2.24, 2.45) is 5.92 Å². The highest BCUT2D eigenvalue weighted by molar-refractivity contribution is 5.77. The van der Waals surface area contributed by atoms with Gasteiger partial charge in [0.2, 0.25) is 5.91 Å². The summed E-state index contributed by atoms with van der Waals surface area (Å²) in [5, 5.41) is 0. The van der Waals surface area contributed by atoms with Crippen LogP contribution in [0.4, 0.5) is 0 Å². The number of carbonyl (C=O) groups is 1. The van der Waals surface area contributed by atoms with E-state index in [1.807, 2.05) is 0 Å². The van der Waals surface area contributed by atoms with Crippen molar-refractivity contribution in [3.05, 3.63) is 35.9 Å². The summed E-state index contributed by atoms with van der Waals surface area (Å²) in [4.78, 5) is 16.7. The van der Waals surface area contributed by atoms with Gasteiger partial charge >= 0.3 is 0 Å². The van der Waals surface area contributed by atoms with E-state index >= 15 is 0 Å². The Balaban J connectivity index is 1.69. The minimum Gasteiger partial charge on any atom is -0.338 e. The molecule has 3 rings (SSSR count). The first kappa shape index (κ1) is 12.7. The SMILES string of the molecule is C[C@@H]1C[C@@H]2CN(Cc3ccccc3)CCC(=O)N2C1. The number of amides is 1. The van der Waals surface area contributed by atoms with Crippen LogP contribution in [0.2, 0.25) is 0 Å². The zero-order chi connectivity index (χ0) is 13.2. The lowest BCUT2D eigenvalue weighted by molar-refractivity contribution is -0.131. The molecule has 2 atom stereocenters. The van der Waals surface area contributed by atoms with Crippen molar-refractivity contribution in [3.8, 4) is 0 Å². The van der Waals surface area contributed by atoms with Crippen LogP contribution in [0.5, 0.6) is 0 Å². The van der Waals surface area contributed by atoms with Gasteiger partial charge in [0, 0.05) is 38.6 Å². The highest BCUT2D eigenvalue weighted by Gasteiger charge is 2.36. The van der Waals surface area contributed by atoms with Crippen molar-refractivity contribution in [1.29, 1.82) is 0 Å². The normalized spacial score (nSPS) is 28.3. The second-order valence-corrected chi connectivity index (χ2v) is 6.01. The molecule has 0 aromatic heterocycles. The van der Waals surface area contributed by atoms with Crippen LogP contribution in [0.1, 0.15) is 25.3 Å². The van der Waals surface area contributed by atoms with E-state index in [0.717, 1.165) is 32.6 Å². The van der Waals surface area contributed by atoms with Gasteiger partial charge in [0.15, 0.2) is 0 Å². The van der Waals surface area contributed by atoms with Gasteiger partial charge in [-0.3, -0.25) is 9.69 Å². The Morgan fingerprint density at radius 3 is 2.79 bits per heavy atom. The van der Waals surface area contributed by atoms with Gasteiger partial charge in [-0.05, 0) is 17.9 Å². The van der Waals surface area contributed by atoms with Crippen molar-refractivity contribution >= 4 is 5.91 Å². The molecule has 2 fully saturated rings. The summed E-state index contributed by atoms with van der Waals surface area (Å²) in [6.45, 7) is 6.11. The first-order valence-electron chi connectivity index (χ1n) is 7.28. The van der Waals surface area contributed by atoms with Crippen LogP contribution in [-0.4, -0.2) is 41.4 Å². The van der Waals surface area contributed by atoms with Gasteiger partial charge in [-0.2, -0.15) is 0 Å². The molecule has 0 unspecified atom stereocenters. The molecule has 0 saturated carbocycles. The van der Waals surface area contributed by atoms with Gasteiger partial charge in [0.25, 0.3) is 0 Å². The van der Waals surface area contributed by atoms with Gasteiger partial charge in [-0.15, -0.1) is 0 Å². The summed E-state index contributed by atoms with van der Waals surface area (Å²) in [6.07, 6.45) is 1.84. The Morgan fingerprint density at radius 2 is 2.00 bits per heavy atom. The van der Waals surface area contributed by atoms with E-state index in [1.54, 1.807) is 0 Å². The third-order valence-corrected chi connectivity index (χ3v) is 4.30. The number of benzene rings is 1. The fourth-order valence-electron chi connectivity index (χ4n) is 3.40. The molecule has 2 heterocycles. The van der Waals surface area contributed by atoms with E-state index < -0.39 is 0 Å². The molecule has 3 heteroatoms. The highest BCUT2D eigenvalue weighted by atomic mass is 16.2. The number of carbonyl (C=O) groups excluding carboxylic acids is 1. The molecule has 2 saturated heterocycles. The highest BCUT2D eigenvalue weighted by Crippen LogP contribution is 2.27. The molecule has 0 spiro atoms. The van der Waals surface area contributed by atoms with Crippen molar-refractivity contribution in [2.75, 3.05) is 19.6 Å². The maximum atomic E-state index is 12.1. The third kappa shape index (κ3) is 2.81. The second kappa shape index (κ2) is 5.33. The lowest BCUT2D eigenvalue weighted by Gasteiger charge is -2.25. The van der Waals surface area contributed by atoms with Crippen LogP contribution in [0, 0.1) is 5.92 Å². The summed E-state index contributed by atoms with van der Waals surface area (Å²) in [5.74, 6) is 1.01. The Bertz CT molecular complexity index is 445. The Labute approximate surface area is 115 Å². The summed E-state index contributed by atoms with van der Waals surface area (Å²) in [6, 6.07) is 11.0. The average molecular weight is 258 g/mol. The predicted octanol–water partition coefficient (Wildman–Crippen LogP) is 2.13. The molecule has 0 bridgehead atoms. The lowest BCUT2D eigenvalue weighted by Crippen LogP contribution is -2.38. The fraction of sp³-hybridized carbons (Fsp3) is 0.562. The molecule has 3 nitrogen and oxygen atoms in total. The molecular weight excluding hydrogens is 236 g/mol.